The third-order valence-electron chi connectivity index (χ3n) is 5.03. The molecule has 0 saturated carbocycles. The van der Waals surface area contributed by atoms with Gasteiger partial charge in [0.15, 0.2) is 0 Å². The number of pyridine rings is 1. The topological polar surface area (TPSA) is 72.2 Å². The van der Waals surface area contributed by atoms with Crippen molar-refractivity contribution in [2.24, 2.45) is 5.92 Å². The monoisotopic (exact) mass is 550 g/mol. The van der Waals surface area contributed by atoms with Crippen LogP contribution < -0.4 is 16.4 Å². The summed E-state index contributed by atoms with van der Waals surface area (Å²) < 4.78 is 47.7. The molecule has 1 saturated heterocycles. The molecule has 4 N–H and O–H groups in total. The number of nitrogen functional groups attached to an aromatic ring is 1. The van der Waals surface area contributed by atoms with Crippen LogP contribution in [-0.4, -0.2) is 43.9 Å². The van der Waals surface area contributed by atoms with Crippen LogP contribution in [0.2, 0.25) is 5.02 Å². The fourth-order valence-electron chi connectivity index (χ4n) is 3.64. The second kappa shape index (κ2) is 14.4. The van der Waals surface area contributed by atoms with E-state index >= 15 is 0 Å². The lowest BCUT2D eigenvalue weighted by molar-refractivity contribution is -0.00824. The van der Waals surface area contributed by atoms with Crippen LogP contribution in [0.1, 0.15) is 16.8 Å². The van der Waals surface area contributed by atoms with E-state index in [0.717, 1.165) is 42.4 Å². The third kappa shape index (κ3) is 9.64. The molecule has 3 rings (SSSR count). The number of alkyl halides is 2. The van der Waals surface area contributed by atoms with Crippen LogP contribution in [0, 0.1) is 18.7 Å². The van der Waals surface area contributed by atoms with Crippen LogP contribution in [0.5, 0.6) is 0 Å². The SMILES string of the molecule is Cc1cc(N)nc(C[C@@H]2CNC[C@@H]2OCCNCC(F)(F)c2cc(F)cc(Cl)c2)c1.Cl.Cl.Cl. The van der Waals surface area contributed by atoms with Crippen molar-refractivity contribution in [1.82, 2.24) is 15.6 Å². The minimum absolute atomic E-state index is 0. The molecule has 2 aromatic rings. The Hall–Kier alpha value is -1.000. The minimum Gasteiger partial charge on any atom is -0.384 e. The van der Waals surface area contributed by atoms with E-state index in [1.54, 1.807) is 0 Å². The standard InChI is InChI=1S/C21H26ClF3N4O.3ClH/c1-13-4-18(29-20(26)5-13)6-14-10-28-11-19(14)30-3-2-27-12-21(24,25)15-7-16(22)9-17(23)8-15;;;/h4-5,7-9,14,19,27-28H,2-3,6,10-12H2,1H3,(H2,26,29);3*1H/t14-,19+;;;/m1.../s1. The van der Waals surface area contributed by atoms with Crippen LogP contribution in [-0.2, 0) is 17.1 Å². The third-order valence-corrected chi connectivity index (χ3v) is 5.25. The highest BCUT2D eigenvalue weighted by Gasteiger charge is 2.32. The summed E-state index contributed by atoms with van der Waals surface area (Å²) in [4.78, 5) is 4.37. The van der Waals surface area contributed by atoms with E-state index in [0.29, 0.717) is 12.4 Å². The average Bonchev–Trinajstić information content (AvgIpc) is 3.06. The van der Waals surface area contributed by atoms with Gasteiger partial charge in [-0.1, -0.05) is 11.6 Å². The Morgan fingerprint density at radius 2 is 1.91 bits per heavy atom. The lowest BCUT2D eigenvalue weighted by Gasteiger charge is -2.21. The zero-order valence-electron chi connectivity index (χ0n) is 18.0. The summed E-state index contributed by atoms with van der Waals surface area (Å²) >= 11 is 5.67. The molecule has 1 aliphatic heterocycles. The van der Waals surface area contributed by atoms with E-state index in [-0.39, 0.29) is 67.4 Å². The second-order valence-electron chi connectivity index (χ2n) is 7.63. The summed E-state index contributed by atoms with van der Waals surface area (Å²) in [5, 5.41) is 5.92. The zero-order valence-corrected chi connectivity index (χ0v) is 21.2. The van der Waals surface area contributed by atoms with Crippen molar-refractivity contribution in [3.05, 3.63) is 58.0 Å². The van der Waals surface area contributed by atoms with Crippen molar-refractivity contribution in [1.29, 1.82) is 0 Å². The van der Waals surface area contributed by atoms with Crippen LogP contribution in [0.15, 0.2) is 30.3 Å². The molecule has 0 spiro atoms. The molecule has 188 valence electrons. The molecule has 1 aromatic heterocycles. The minimum atomic E-state index is -3.24. The predicted octanol–water partition coefficient (Wildman–Crippen LogP) is 4.56. The molecule has 0 amide bonds. The second-order valence-corrected chi connectivity index (χ2v) is 8.07. The maximum Gasteiger partial charge on any atom is 0.285 e. The number of aromatic nitrogens is 1. The quantitative estimate of drug-likeness (QED) is 0.398. The number of nitrogens with two attached hydrogens (primary N) is 1. The summed E-state index contributed by atoms with van der Waals surface area (Å²) in [5.74, 6) is -3.29. The molecule has 5 nitrogen and oxygen atoms in total. The fraction of sp³-hybridized carbons (Fsp3) is 0.476. The molecule has 1 fully saturated rings. The Morgan fingerprint density at radius 3 is 2.58 bits per heavy atom. The number of benzene rings is 1. The van der Waals surface area contributed by atoms with Crippen LogP contribution in [0.4, 0.5) is 19.0 Å². The van der Waals surface area contributed by atoms with Crippen molar-refractivity contribution >= 4 is 54.6 Å². The highest BCUT2D eigenvalue weighted by atomic mass is 35.5. The van der Waals surface area contributed by atoms with Crippen molar-refractivity contribution in [3.8, 4) is 0 Å². The van der Waals surface area contributed by atoms with Gasteiger partial charge in [0.05, 0.1) is 19.3 Å². The fourth-order valence-corrected chi connectivity index (χ4v) is 3.87. The average molecular weight is 552 g/mol. The largest absolute Gasteiger partial charge is 0.384 e. The molecule has 0 bridgehead atoms. The van der Waals surface area contributed by atoms with Gasteiger partial charge in [0.25, 0.3) is 5.92 Å². The van der Waals surface area contributed by atoms with Crippen molar-refractivity contribution < 1.29 is 17.9 Å². The number of hydrogen-bond donors (Lipinski definition) is 3. The summed E-state index contributed by atoms with van der Waals surface area (Å²) in [6.45, 7) is 3.37. The van der Waals surface area contributed by atoms with Gasteiger partial charge in [0.1, 0.15) is 11.6 Å². The summed E-state index contributed by atoms with van der Waals surface area (Å²) in [5.41, 5.74) is 7.35. The van der Waals surface area contributed by atoms with Gasteiger partial charge in [-0.15, -0.1) is 37.2 Å². The molecule has 33 heavy (non-hydrogen) atoms. The molecular weight excluding hydrogens is 523 g/mol. The summed E-state index contributed by atoms with van der Waals surface area (Å²) in [6, 6.07) is 6.70. The molecular formula is C21H29Cl4F3N4O. The lowest BCUT2D eigenvalue weighted by Crippen LogP contribution is -2.34. The van der Waals surface area contributed by atoms with Gasteiger partial charge in [-0.2, -0.15) is 8.78 Å². The number of anilines is 1. The maximum atomic E-state index is 14.3. The van der Waals surface area contributed by atoms with E-state index in [4.69, 9.17) is 22.1 Å². The van der Waals surface area contributed by atoms with Crippen LogP contribution in [0.25, 0.3) is 0 Å². The lowest BCUT2D eigenvalue weighted by atomic mass is 9.99. The van der Waals surface area contributed by atoms with Gasteiger partial charge in [0, 0.05) is 41.8 Å². The molecule has 0 radical (unpaired) electrons. The first-order valence-corrected chi connectivity index (χ1v) is 10.2. The molecule has 1 aliphatic rings. The summed E-state index contributed by atoms with van der Waals surface area (Å²) in [6.07, 6.45) is 0.702. The molecule has 12 heteroatoms. The van der Waals surface area contributed by atoms with E-state index < -0.39 is 23.8 Å². The van der Waals surface area contributed by atoms with Gasteiger partial charge < -0.3 is 21.1 Å². The van der Waals surface area contributed by atoms with Gasteiger partial charge in [-0.3, -0.25) is 0 Å². The first kappa shape index (κ1) is 32.0. The Kier molecular flexibility index (Phi) is 14.0. The molecule has 2 heterocycles. The van der Waals surface area contributed by atoms with Gasteiger partial charge >= 0.3 is 0 Å². The number of hydrogen-bond acceptors (Lipinski definition) is 5. The van der Waals surface area contributed by atoms with E-state index in [1.807, 2.05) is 19.1 Å². The summed E-state index contributed by atoms with van der Waals surface area (Å²) in [7, 11) is 0. The molecule has 1 aromatic carbocycles. The Morgan fingerprint density at radius 1 is 1.18 bits per heavy atom. The smallest absolute Gasteiger partial charge is 0.285 e. The zero-order chi connectivity index (χ0) is 21.7. The number of ether oxygens (including phenoxy) is 1. The first-order chi connectivity index (χ1) is 14.2. The molecule has 2 atom stereocenters. The predicted molar refractivity (Wildman–Crippen MR) is 133 cm³/mol. The van der Waals surface area contributed by atoms with E-state index in [2.05, 4.69) is 15.6 Å². The van der Waals surface area contributed by atoms with E-state index in [9.17, 15) is 13.2 Å². The number of rotatable bonds is 9. The van der Waals surface area contributed by atoms with Gasteiger partial charge in [-0.05, 0) is 49.2 Å². The highest BCUT2D eigenvalue weighted by molar-refractivity contribution is 6.30. The highest BCUT2D eigenvalue weighted by Crippen LogP contribution is 2.30. The molecule has 0 aliphatic carbocycles. The van der Waals surface area contributed by atoms with E-state index in [1.165, 1.54) is 0 Å². The molecule has 0 unspecified atom stereocenters. The number of nitrogens with one attached hydrogen (secondary N) is 2. The normalized spacial score (nSPS) is 17.6. The Bertz CT molecular complexity index is 839. The Balaban J connectivity index is 0.00000341. The number of halogens is 7. The number of nitrogens with zero attached hydrogens (tertiary/aromatic N) is 1. The van der Waals surface area contributed by atoms with Crippen molar-refractivity contribution in [2.45, 2.75) is 25.4 Å². The van der Waals surface area contributed by atoms with Crippen LogP contribution >= 0.6 is 48.8 Å². The maximum absolute atomic E-state index is 14.3. The van der Waals surface area contributed by atoms with Gasteiger partial charge in [-0.25, -0.2) is 9.37 Å². The Labute approximate surface area is 215 Å². The van der Waals surface area contributed by atoms with Crippen molar-refractivity contribution in [3.63, 3.8) is 0 Å². The van der Waals surface area contributed by atoms with Crippen molar-refractivity contribution in [2.75, 3.05) is 38.5 Å². The number of aryl methyl sites for hydroxylation is 1. The first-order valence-electron chi connectivity index (χ1n) is 9.83. The van der Waals surface area contributed by atoms with Crippen LogP contribution in [0.3, 0.4) is 0 Å². The van der Waals surface area contributed by atoms with Gasteiger partial charge in [0.2, 0.25) is 0 Å².